The molecule has 0 aromatic carbocycles. The summed E-state index contributed by atoms with van der Waals surface area (Å²) in [7, 11) is 2.14. The van der Waals surface area contributed by atoms with Crippen molar-refractivity contribution >= 4 is 0 Å². The molecule has 0 saturated carbocycles. The molecule has 1 aromatic rings. The zero-order valence-corrected chi connectivity index (χ0v) is 10.6. The van der Waals surface area contributed by atoms with Gasteiger partial charge in [0, 0.05) is 31.4 Å². The van der Waals surface area contributed by atoms with Crippen LogP contribution in [0.4, 0.5) is 0 Å². The minimum absolute atomic E-state index is 0.0277. The Labute approximate surface area is 103 Å². The second-order valence-corrected chi connectivity index (χ2v) is 4.84. The Balaban J connectivity index is 1.90. The van der Waals surface area contributed by atoms with Crippen LogP contribution in [0.2, 0.25) is 0 Å². The molecule has 2 rings (SSSR count). The number of ether oxygens (including phenoxy) is 1. The highest BCUT2D eigenvalue weighted by Crippen LogP contribution is 2.18. The summed E-state index contributed by atoms with van der Waals surface area (Å²) in [5.74, 6) is 0.712. The third kappa shape index (κ3) is 3.41. The number of hydrogen-bond acceptors (Lipinski definition) is 4. The first-order valence-electron chi connectivity index (χ1n) is 6.22. The maximum atomic E-state index is 5.86. The highest BCUT2D eigenvalue weighted by Gasteiger charge is 2.18. The maximum absolute atomic E-state index is 5.86. The van der Waals surface area contributed by atoms with Crippen LogP contribution in [-0.4, -0.2) is 36.1 Å². The summed E-state index contributed by atoms with van der Waals surface area (Å²) < 4.78 is 5.86. The molecule has 1 atom stereocenters. The number of rotatable bonds is 3. The monoisotopic (exact) mass is 235 g/mol. The van der Waals surface area contributed by atoms with E-state index in [1.54, 1.807) is 6.20 Å². The Hall–Kier alpha value is -1.13. The Morgan fingerprint density at radius 3 is 2.65 bits per heavy atom. The van der Waals surface area contributed by atoms with E-state index in [2.05, 4.69) is 16.9 Å². The van der Waals surface area contributed by atoms with Gasteiger partial charge in [0.05, 0.1) is 0 Å². The fraction of sp³-hybridized carbons (Fsp3) is 0.615. The topological polar surface area (TPSA) is 51.4 Å². The van der Waals surface area contributed by atoms with E-state index in [9.17, 15) is 0 Å². The van der Waals surface area contributed by atoms with Gasteiger partial charge in [-0.15, -0.1) is 0 Å². The van der Waals surface area contributed by atoms with Crippen molar-refractivity contribution in [2.45, 2.75) is 31.9 Å². The van der Waals surface area contributed by atoms with Crippen LogP contribution in [0.3, 0.4) is 0 Å². The zero-order valence-electron chi connectivity index (χ0n) is 10.6. The van der Waals surface area contributed by atoms with E-state index in [1.807, 2.05) is 19.1 Å². The Kier molecular flexibility index (Phi) is 3.97. The van der Waals surface area contributed by atoms with Crippen LogP contribution in [0, 0.1) is 0 Å². The van der Waals surface area contributed by atoms with Crippen molar-refractivity contribution in [2.75, 3.05) is 20.1 Å². The van der Waals surface area contributed by atoms with Gasteiger partial charge in [-0.05, 0) is 32.4 Å². The lowest BCUT2D eigenvalue weighted by atomic mass is 10.1. The van der Waals surface area contributed by atoms with Gasteiger partial charge < -0.3 is 15.4 Å². The maximum Gasteiger partial charge on any atom is 0.213 e. The highest BCUT2D eigenvalue weighted by atomic mass is 16.5. The predicted octanol–water partition coefficient (Wildman–Crippen LogP) is 1.57. The lowest BCUT2D eigenvalue weighted by Gasteiger charge is -2.28. The van der Waals surface area contributed by atoms with Gasteiger partial charge in [0.1, 0.15) is 6.10 Å². The standard InChI is InChI=1S/C13H21N3O/c1-10(14)11-3-4-13(15-9-11)17-12-5-7-16(2)8-6-12/h3-4,9-10,12H,5-8,14H2,1-2H3. The second-order valence-electron chi connectivity index (χ2n) is 4.84. The molecular formula is C13H21N3O. The fourth-order valence-electron chi connectivity index (χ4n) is 2.00. The number of nitrogens with two attached hydrogens (primary N) is 1. The van der Waals surface area contributed by atoms with Crippen molar-refractivity contribution in [3.05, 3.63) is 23.9 Å². The summed E-state index contributed by atoms with van der Waals surface area (Å²) in [4.78, 5) is 6.62. The predicted molar refractivity (Wildman–Crippen MR) is 68.0 cm³/mol. The van der Waals surface area contributed by atoms with E-state index in [-0.39, 0.29) is 6.04 Å². The van der Waals surface area contributed by atoms with Gasteiger partial charge in [0.25, 0.3) is 0 Å². The van der Waals surface area contributed by atoms with Crippen molar-refractivity contribution in [3.8, 4) is 5.88 Å². The number of likely N-dealkylation sites (tertiary alicyclic amines) is 1. The summed E-state index contributed by atoms with van der Waals surface area (Å²) >= 11 is 0. The lowest BCUT2D eigenvalue weighted by molar-refractivity contribution is 0.110. The minimum atomic E-state index is 0.0277. The molecule has 1 aliphatic rings. The van der Waals surface area contributed by atoms with Gasteiger partial charge in [-0.3, -0.25) is 0 Å². The summed E-state index contributed by atoms with van der Waals surface area (Å²) in [6.07, 6.45) is 4.26. The molecule has 1 fully saturated rings. The molecule has 1 aliphatic heterocycles. The van der Waals surface area contributed by atoms with Crippen LogP contribution in [0.5, 0.6) is 5.88 Å². The van der Waals surface area contributed by atoms with Gasteiger partial charge in [-0.1, -0.05) is 6.07 Å². The van der Waals surface area contributed by atoms with E-state index in [0.717, 1.165) is 31.5 Å². The van der Waals surface area contributed by atoms with Crippen LogP contribution >= 0.6 is 0 Å². The molecule has 0 amide bonds. The summed E-state index contributed by atoms with van der Waals surface area (Å²) in [6.45, 7) is 4.15. The van der Waals surface area contributed by atoms with E-state index in [4.69, 9.17) is 10.5 Å². The Bertz CT molecular complexity index is 342. The van der Waals surface area contributed by atoms with Gasteiger partial charge in [-0.25, -0.2) is 4.98 Å². The largest absolute Gasteiger partial charge is 0.474 e. The molecule has 0 spiro atoms. The van der Waals surface area contributed by atoms with Crippen LogP contribution in [0.25, 0.3) is 0 Å². The van der Waals surface area contributed by atoms with Crippen LogP contribution < -0.4 is 10.5 Å². The third-order valence-electron chi connectivity index (χ3n) is 3.24. The van der Waals surface area contributed by atoms with Crippen molar-refractivity contribution in [1.29, 1.82) is 0 Å². The van der Waals surface area contributed by atoms with Gasteiger partial charge >= 0.3 is 0 Å². The molecule has 17 heavy (non-hydrogen) atoms. The SMILES string of the molecule is CC(N)c1ccc(OC2CCN(C)CC2)nc1. The van der Waals surface area contributed by atoms with Crippen LogP contribution in [0.15, 0.2) is 18.3 Å². The highest BCUT2D eigenvalue weighted by molar-refractivity contribution is 5.20. The quantitative estimate of drug-likeness (QED) is 0.864. The van der Waals surface area contributed by atoms with Gasteiger partial charge in [0.2, 0.25) is 5.88 Å². The molecule has 2 N–H and O–H groups in total. The first-order chi connectivity index (χ1) is 8.15. The normalized spacial score (nSPS) is 20.2. The van der Waals surface area contributed by atoms with E-state index in [1.165, 1.54) is 0 Å². The zero-order chi connectivity index (χ0) is 12.3. The average Bonchev–Trinajstić information content (AvgIpc) is 2.33. The molecule has 1 aromatic heterocycles. The molecule has 1 unspecified atom stereocenters. The summed E-state index contributed by atoms with van der Waals surface area (Å²) in [6, 6.07) is 3.93. The molecule has 0 bridgehead atoms. The molecule has 2 heterocycles. The molecule has 1 saturated heterocycles. The van der Waals surface area contributed by atoms with E-state index >= 15 is 0 Å². The third-order valence-corrected chi connectivity index (χ3v) is 3.24. The number of aromatic nitrogens is 1. The fourth-order valence-corrected chi connectivity index (χ4v) is 2.00. The van der Waals surface area contributed by atoms with Crippen molar-refractivity contribution in [1.82, 2.24) is 9.88 Å². The van der Waals surface area contributed by atoms with Crippen LogP contribution in [0.1, 0.15) is 31.4 Å². The Morgan fingerprint density at radius 1 is 1.41 bits per heavy atom. The van der Waals surface area contributed by atoms with Gasteiger partial charge in [-0.2, -0.15) is 0 Å². The van der Waals surface area contributed by atoms with E-state index < -0.39 is 0 Å². The first kappa shape index (κ1) is 12.3. The number of hydrogen-bond donors (Lipinski definition) is 1. The minimum Gasteiger partial charge on any atom is -0.474 e. The lowest BCUT2D eigenvalue weighted by Crippen LogP contribution is -2.35. The molecule has 4 nitrogen and oxygen atoms in total. The van der Waals surface area contributed by atoms with Crippen molar-refractivity contribution < 1.29 is 4.74 Å². The van der Waals surface area contributed by atoms with Crippen molar-refractivity contribution in [2.24, 2.45) is 5.73 Å². The molecule has 94 valence electrons. The van der Waals surface area contributed by atoms with E-state index in [0.29, 0.717) is 12.0 Å². The Morgan fingerprint density at radius 2 is 2.12 bits per heavy atom. The number of nitrogens with zero attached hydrogens (tertiary/aromatic N) is 2. The number of pyridine rings is 1. The molecular weight excluding hydrogens is 214 g/mol. The van der Waals surface area contributed by atoms with Crippen molar-refractivity contribution in [3.63, 3.8) is 0 Å². The van der Waals surface area contributed by atoms with Crippen LogP contribution in [-0.2, 0) is 0 Å². The summed E-state index contributed by atoms with van der Waals surface area (Å²) in [5.41, 5.74) is 6.82. The molecule has 0 radical (unpaired) electrons. The summed E-state index contributed by atoms with van der Waals surface area (Å²) in [5, 5.41) is 0. The first-order valence-corrected chi connectivity index (χ1v) is 6.22. The van der Waals surface area contributed by atoms with Gasteiger partial charge in [0.15, 0.2) is 0 Å². The smallest absolute Gasteiger partial charge is 0.213 e. The average molecular weight is 235 g/mol. The number of piperidine rings is 1. The molecule has 0 aliphatic carbocycles. The molecule has 4 heteroatoms. The second kappa shape index (κ2) is 5.47.